The van der Waals surface area contributed by atoms with Crippen molar-refractivity contribution in [2.24, 2.45) is 0 Å². The summed E-state index contributed by atoms with van der Waals surface area (Å²) in [4.78, 5) is 16.1. The molecule has 2 aromatic heterocycles. The van der Waals surface area contributed by atoms with Crippen LogP contribution in [0.1, 0.15) is 54.3 Å². The molecule has 2 aromatic rings. The maximum atomic E-state index is 11.0. The fourth-order valence-corrected chi connectivity index (χ4v) is 3.18. The first-order valence-electron chi connectivity index (χ1n) is 5.83. The second kappa shape index (κ2) is 4.10. The molecule has 0 amide bonds. The Kier molecular flexibility index (Phi) is 2.58. The lowest BCUT2D eigenvalue weighted by Crippen LogP contribution is -2.07. The Morgan fingerprint density at radius 2 is 2.18 bits per heavy atom. The lowest BCUT2D eigenvalue weighted by atomic mass is 9.89. The summed E-state index contributed by atoms with van der Waals surface area (Å²) in [5.74, 6) is 0.285. The van der Waals surface area contributed by atoms with Gasteiger partial charge in [-0.1, -0.05) is 19.3 Å². The molecule has 1 saturated carbocycles. The van der Waals surface area contributed by atoms with Crippen LogP contribution in [-0.4, -0.2) is 25.7 Å². The van der Waals surface area contributed by atoms with E-state index >= 15 is 0 Å². The van der Waals surface area contributed by atoms with Crippen molar-refractivity contribution in [1.29, 1.82) is 0 Å². The summed E-state index contributed by atoms with van der Waals surface area (Å²) in [7, 11) is 0. The highest BCUT2D eigenvalue weighted by molar-refractivity contribution is 7.15. The molecule has 0 atom stereocenters. The van der Waals surface area contributed by atoms with E-state index in [1.54, 1.807) is 5.38 Å². The topological polar surface area (TPSA) is 67.5 Å². The third-order valence-electron chi connectivity index (χ3n) is 3.29. The monoisotopic (exact) mass is 251 g/mol. The molecule has 0 spiro atoms. The Hall–Kier alpha value is -1.43. The number of carboxylic acid groups (broad SMARTS) is 1. The van der Waals surface area contributed by atoms with Gasteiger partial charge < -0.3 is 5.11 Å². The molecule has 0 unspecified atom stereocenters. The van der Waals surface area contributed by atoms with E-state index in [0.717, 1.165) is 18.7 Å². The quantitative estimate of drug-likeness (QED) is 0.890. The van der Waals surface area contributed by atoms with Crippen molar-refractivity contribution in [2.75, 3.05) is 0 Å². The van der Waals surface area contributed by atoms with Crippen LogP contribution in [0, 0.1) is 0 Å². The summed E-state index contributed by atoms with van der Waals surface area (Å²) in [6, 6.07) is 0. The average Bonchev–Trinajstić information content (AvgIpc) is 2.88. The van der Waals surface area contributed by atoms with Crippen LogP contribution in [0.2, 0.25) is 0 Å². The minimum atomic E-state index is -0.948. The summed E-state index contributed by atoms with van der Waals surface area (Å²) in [5.41, 5.74) is 0.208. The van der Waals surface area contributed by atoms with Crippen LogP contribution in [0.3, 0.4) is 0 Å². The van der Waals surface area contributed by atoms with Gasteiger partial charge in [0.15, 0.2) is 11.5 Å². The Bertz CT molecular complexity index is 554. The molecule has 0 aliphatic heterocycles. The Labute approximate surface area is 102 Å². The second-order valence-electron chi connectivity index (χ2n) is 4.43. The van der Waals surface area contributed by atoms with Gasteiger partial charge in [0.2, 0.25) is 4.96 Å². The normalized spacial score (nSPS) is 17.6. The average molecular weight is 251 g/mol. The fraction of sp³-hybridized carbons (Fsp3) is 0.545. The molecule has 0 bridgehead atoms. The molecular formula is C11H13N3O2S. The molecule has 1 aliphatic rings. The minimum Gasteiger partial charge on any atom is -0.476 e. The molecule has 3 rings (SSSR count). The Balaban J connectivity index is 1.98. The van der Waals surface area contributed by atoms with Gasteiger partial charge in [0.05, 0.1) is 0 Å². The predicted octanol–water partition coefficient (Wildman–Crippen LogP) is 2.54. The van der Waals surface area contributed by atoms with Crippen molar-refractivity contribution < 1.29 is 9.90 Å². The highest BCUT2D eigenvalue weighted by Gasteiger charge is 2.22. The van der Waals surface area contributed by atoms with Gasteiger partial charge in [-0.05, 0) is 12.8 Å². The first-order chi connectivity index (χ1) is 8.25. The van der Waals surface area contributed by atoms with Crippen LogP contribution in [0.4, 0.5) is 0 Å². The minimum absolute atomic E-state index is 0.208. The third-order valence-corrected chi connectivity index (χ3v) is 4.10. The van der Waals surface area contributed by atoms with Gasteiger partial charge in [-0.15, -0.1) is 16.4 Å². The Morgan fingerprint density at radius 1 is 1.41 bits per heavy atom. The summed E-state index contributed by atoms with van der Waals surface area (Å²) in [5, 5.41) is 14.9. The first kappa shape index (κ1) is 10.7. The summed E-state index contributed by atoms with van der Waals surface area (Å²) >= 11 is 1.34. The molecule has 90 valence electrons. The molecular weight excluding hydrogens is 238 g/mol. The van der Waals surface area contributed by atoms with Crippen LogP contribution in [-0.2, 0) is 0 Å². The van der Waals surface area contributed by atoms with Gasteiger partial charge >= 0.3 is 5.97 Å². The van der Waals surface area contributed by atoms with Crippen molar-refractivity contribution >= 4 is 22.3 Å². The summed E-state index contributed by atoms with van der Waals surface area (Å²) in [6.45, 7) is 0. The molecule has 1 fully saturated rings. The number of aromatic carboxylic acids is 1. The van der Waals surface area contributed by atoms with E-state index in [1.807, 2.05) is 0 Å². The maximum absolute atomic E-state index is 11.0. The van der Waals surface area contributed by atoms with Crippen LogP contribution < -0.4 is 0 Å². The second-order valence-corrected chi connectivity index (χ2v) is 5.26. The van der Waals surface area contributed by atoms with E-state index < -0.39 is 5.97 Å². The number of hydrogen-bond donors (Lipinski definition) is 1. The van der Waals surface area contributed by atoms with E-state index in [0.29, 0.717) is 10.9 Å². The van der Waals surface area contributed by atoms with Gasteiger partial charge in [-0.25, -0.2) is 9.78 Å². The number of nitrogens with zero attached hydrogens (tertiary/aromatic N) is 3. The van der Waals surface area contributed by atoms with Gasteiger partial charge in [-0.2, -0.15) is 4.52 Å². The van der Waals surface area contributed by atoms with Crippen molar-refractivity contribution in [3.05, 3.63) is 16.9 Å². The molecule has 17 heavy (non-hydrogen) atoms. The number of aromatic nitrogens is 3. The number of thiazole rings is 1. The number of rotatable bonds is 2. The molecule has 0 aromatic carbocycles. The van der Waals surface area contributed by atoms with Crippen molar-refractivity contribution in [3.63, 3.8) is 0 Å². The van der Waals surface area contributed by atoms with Crippen molar-refractivity contribution in [3.8, 4) is 0 Å². The van der Waals surface area contributed by atoms with E-state index in [9.17, 15) is 4.79 Å². The number of carbonyl (C=O) groups is 1. The van der Waals surface area contributed by atoms with Gasteiger partial charge in [0.1, 0.15) is 0 Å². The number of hydrogen-bond acceptors (Lipinski definition) is 4. The van der Waals surface area contributed by atoms with Crippen LogP contribution in [0.25, 0.3) is 4.96 Å². The summed E-state index contributed by atoms with van der Waals surface area (Å²) in [6.07, 6.45) is 5.99. The largest absolute Gasteiger partial charge is 0.476 e. The standard InChI is InChI=1S/C11H13N3O2S/c15-10(16)8-6-17-11-12-9(13-14(8)11)7-4-2-1-3-5-7/h6-7H,1-5H2,(H,15,16). The van der Waals surface area contributed by atoms with Crippen LogP contribution in [0.15, 0.2) is 5.38 Å². The highest BCUT2D eigenvalue weighted by atomic mass is 32.1. The zero-order valence-corrected chi connectivity index (χ0v) is 10.1. The lowest BCUT2D eigenvalue weighted by Gasteiger charge is -2.17. The van der Waals surface area contributed by atoms with E-state index in [2.05, 4.69) is 10.1 Å². The van der Waals surface area contributed by atoms with Crippen molar-refractivity contribution in [2.45, 2.75) is 38.0 Å². The highest BCUT2D eigenvalue weighted by Crippen LogP contribution is 2.31. The Morgan fingerprint density at radius 3 is 2.88 bits per heavy atom. The lowest BCUT2D eigenvalue weighted by molar-refractivity contribution is 0.0688. The molecule has 5 nitrogen and oxygen atoms in total. The first-order valence-corrected chi connectivity index (χ1v) is 6.71. The zero-order valence-electron chi connectivity index (χ0n) is 9.30. The number of carboxylic acids is 1. The van der Waals surface area contributed by atoms with E-state index in [-0.39, 0.29) is 5.69 Å². The van der Waals surface area contributed by atoms with Crippen molar-refractivity contribution in [1.82, 2.24) is 14.6 Å². The molecule has 6 heteroatoms. The van der Waals surface area contributed by atoms with Gasteiger partial charge in [0, 0.05) is 11.3 Å². The predicted molar refractivity (Wildman–Crippen MR) is 63.6 cm³/mol. The molecule has 2 heterocycles. The molecule has 1 N–H and O–H groups in total. The van der Waals surface area contributed by atoms with Crippen LogP contribution >= 0.6 is 11.3 Å². The molecule has 0 saturated heterocycles. The molecule has 0 radical (unpaired) electrons. The van der Waals surface area contributed by atoms with E-state index in [1.165, 1.54) is 35.1 Å². The van der Waals surface area contributed by atoms with Gasteiger partial charge in [0.25, 0.3) is 0 Å². The SMILES string of the molecule is O=C(O)c1csc2nc(C3CCCCC3)nn12. The number of fused-ring (bicyclic) bond motifs is 1. The zero-order chi connectivity index (χ0) is 11.8. The maximum Gasteiger partial charge on any atom is 0.355 e. The van der Waals surface area contributed by atoms with E-state index in [4.69, 9.17) is 5.11 Å². The smallest absolute Gasteiger partial charge is 0.355 e. The summed E-state index contributed by atoms with van der Waals surface area (Å²) < 4.78 is 1.46. The third kappa shape index (κ3) is 1.82. The van der Waals surface area contributed by atoms with Crippen LogP contribution in [0.5, 0.6) is 0 Å². The van der Waals surface area contributed by atoms with Gasteiger partial charge in [-0.3, -0.25) is 0 Å². The fourth-order valence-electron chi connectivity index (χ4n) is 2.38. The molecule has 1 aliphatic carbocycles.